The monoisotopic (exact) mass is 241 g/mol. The maximum atomic E-state index is 11.3. The number of hydrogen-bond acceptors (Lipinski definition) is 5. The van der Waals surface area contributed by atoms with Gasteiger partial charge in [0.2, 0.25) is 5.91 Å². The van der Waals surface area contributed by atoms with Crippen molar-refractivity contribution in [3.63, 3.8) is 0 Å². The average molecular weight is 241 g/mol. The molecule has 1 rings (SSSR count). The summed E-state index contributed by atoms with van der Waals surface area (Å²) in [5.74, 6) is 0.0256. The van der Waals surface area contributed by atoms with Crippen LogP contribution in [-0.4, -0.2) is 47.7 Å². The molecule has 0 unspecified atom stereocenters. The van der Waals surface area contributed by atoms with E-state index in [2.05, 4.69) is 20.9 Å². The second kappa shape index (κ2) is 7.75. The van der Waals surface area contributed by atoms with Crippen molar-refractivity contribution in [3.05, 3.63) is 11.9 Å². The Morgan fingerprint density at radius 2 is 2.35 bits per heavy atom. The fourth-order valence-corrected chi connectivity index (χ4v) is 1.27. The van der Waals surface area contributed by atoms with E-state index in [0.29, 0.717) is 32.7 Å². The summed E-state index contributed by atoms with van der Waals surface area (Å²) in [6, 6.07) is 0. The normalized spacial score (nSPS) is 10.5. The molecule has 0 spiro atoms. The Morgan fingerprint density at radius 3 is 3.00 bits per heavy atom. The molecule has 1 aromatic heterocycles. The van der Waals surface area contributed by atoms with E-state index >= 15 is 0 Å². The van der Waals surface area contributed by atoms with Crippen molar-refractivity contribution in [3.8, 4) is 0 Å². The van der Waals surface area contributed by atoms with E-state index in [0.717, 1.165) is 5.69 Å². The summed E-state index contributed by atoms with van der Waals surface area (Å²) in [6.45, 7) is 2.39. The van der Waals surface area contributed by atoms with Crippen LogP contribution in [0.5, 0.6) is 0 Å². The van der Waals surface area contributed by atoms with Crippen LogP contribution in [0.25, 0.3) is 0 Å². The molecule has 0 aliphatic heterocycles. The van der Waals surface area contributed by atoms with Crippen molar-refractivity contribution < 1.29 is 9.53 Å². The maximum absolute atomic E-state index is 11.3. The van der Waals surface area contributed by atoms with Crippen molar-refractivity contribution in [2.75, 3.05) is 26.8 Å². The molecule has 1 heterocycles. The Morgan fingerprint density at radius 1 is 1.53 bits per heavy atom. The highest BCUT2D eigenvalue weighted by Gasteiger charge is 2.01. The van der Waals surface area contributed by atoms with Crippen LogP contribution in [0.2, 0.25) is 0 Å². The van der Waals surface area contributed by atoms with Gasteiger partial charge in [0.25, 0.3) is 0 Å². The Bertz CT molecular complexity index is 339. The molecular weight excluding hydrogens is 222 g/mol. The average Bonchev–Trinajstić information content (AvgIpc) is 2.71. The van der Waals surface area contributed by atoms with Gasteiger partial charge in [-0.3, -0.25) is 9.48 Å². The van der Waals surface area contributed by atoms with Gasteiger partial charge in [0.05, 0.1) is 18.5 Å². The lowest BCUT2D eigenvalue weighted by Crippen LogP contribution is -2.30. The van der Waals surface area contributed by atoms with Gasteiger partial charge in [0.1, 0.15) is 0 Å². The van der Waals surface area contributed by atoms with E-state index in [1.54, 1.807) is 18.0 Å². The maximum Gasteiger partial charge on any atom is 0.221 e. The summed E-state index contributed by atoms with van der Waals surface area (Å²) in [5, 5.41) is 13.5. The quantitative estimate of drug-likeness (QED) is 0.574. The molecule has 0 saturated carbocycles. The lowest BCUT2D eigenvalue weighted by molar-refractivity contribution is -0.121. The highest BCUT2D eigenvalue weighted by molar-refractivity contribution is 5.75. The van der Waals surface area contributed by atoms with Crippen LogP contribution >= 0.6 is 0 Å². The molecule has 96 valence electrons. The van der Waals surface area contributed by atoms with E-state index in [4.69, 9.17) is 4.74 Å². The molecule has 0 aromatic carbocycles. The Kier molecular flexibility index (Phi) is 6.19. The topological polar surface area (TPSA) is 81.1 Å². The minimum Gasteiger partial charge on any atom is -0.383 e. The predicted molar refractivity (Wildman–Crippen MR) is 62.2 cm³/mol. The van der Waals surface area contributed by atoms with Gasteiger partial charge < -0.3 is 15.4 Å². The summed E-state index contributed by atoms with van der Waals surface area (Å²) in [6.07, 6.45) is 2.15. The van der Waals surface area contributed by atoms with Crippen LogP contribution in [0.1, 0.15) is 12.1 Å². The molecule has 7 heteroatoms. The number of nitrogens with zero attached hydrogens (tertiary/aromatic N) is 3. The first-order valence-electron chi connectivity index (χ1n) is 5.54. The van der Waals surface area contributed by atoms with Gasteiger partial charge in [0, 0.05) is 40.2 Å². The number of hydrogen-bond donors (Lipinski definition) is 2. The fourth-order valence-electron chi connectivity index (χ4n) is 1.27. The molecule has 1 aromatic rings. The minimum absolute atomic E-state index is 0.0256. The first kappa shape index (κ1) is 13.6. The van der Waals surface area contributed by atoms with E-state index in [-0.39, 0.29) is 5.91 Å². The SMILES string of the molecule is COCCNC(=O)CCNCc1cnnn1C. The van der Waals surface area contributed by atoms with Gasteiger partial charge in [-0.1, -0.05) is 5.21 Å². The number of rotatable bonds is 8. The van der Waals surface area contributed by atoms with Gasteiger partial charge in [-0.25, -0.2) is 0 Å². The molecule has 7 nitrogen and oxygen atoms in total. The van der Waals surface area contributed by atoms with Crippen LogP contribution in [0.3, 0.4) is 0 Å². The summed E-state index contributed by atoms with van der Waals surface area (Å²) in [5.41, 5.74) is 0.991. The van der Waals surface area contributed by atoms with Crippen molar-refractivity contribution >= 4 is 5.91 Å². The smallest absolute Gasteiger partial charge is 0.221 e. The Hall–Kier alpha value is -1.47. The van der Waals surface area contributed by atoms with Crippen LogP contribution in [0.4, 0.5) is 0 Å². The molecule has 0 radical (unpaired) electrons. The van der Waals surface area contributed by atoms with Crippen molar-refractivity contribution in [2.24, 2.45) is 7.05 Å². The van der Waals surface area contributed by atoms with Crippen molar-refractivity contribution in [1.82, 2.24) is 25.6 Å². The molecule has 0 fully saturated rings. The largest absolute Gasteiger partial charge is 0.383 e. The number of carbonyl (C=O) groups excluding carboxylic acids is 1. The van der Waals surface area contributed by atoms with Crippen LogP contribution < -0.4 is 10.6 Å². The zero-order valence-corrected chi connectivity index (χ0v) is 10.3. The molecule has 2 N–H and O–H groups in total. The lowest BCUT2D eigenvalue weighted by Gasteiger charge is -2.05. The number of methoxy groups -OCH3 is 1. The Balaban J connectivity index is 2.04. The van der Waals surface area contributed by atoms with Crippen molar-refractivity contribution in [2.45, 2.75) is 13.0 Å². The van der Waals surface area contributed by atoms with E-state index < -0.39 is 0 Å². The fraction of sp³-hybridized carbons (Fsp3) is 0.700. The highest BCUT2D eigenvalue weighted by atomic mass is 16.5. The third-order valence-electron chi connectivity index (χ3n) is 2.27. The molecule has 0 bridgehead atoms. The number of nitrogens with one attached hydrogen (secondary N) is 2. The number of amides is 1. The number of ether oxygens (including phenoxy) is 1. The molecule has 0 aliphatic rings. The van der Waals surface area contributed by atoms with Gasteiger partial charge in [0.15, 0.2) is 0 Å². The van der Waals surface area contributed by atoms with Crippen molar-refractivity contribution in [1.29, 1.82) is 0 Å². The zero-order chi connectivity index (χ0) is 12.5. The molecule has 0 atom stereocenters. The highest BCUT2D eigenvalue weighted by Crippen LogP contribution is 1.91. The Labute approximate surface area is 101 Å². The van der Waals surface area contributed by atoms with E-state index in [1.165, 1.54) is 0 Å². The molecule has 0 aliphatic carbocycles. The third kappa shape index (κ3) is 5.41. The summed E-state index contributed by atoms with van der Waals surface area (Å²) in [7, 11) is 3.44. The van der Waals surface area contributed by atoms with Gasteiger partial charge >= 0.3 is 0 Å². The first-order valence-corrected chi connectivity index (χ1v) is 5.54. The van der Waals surface area contributed by atoms with Crippen LogP contribution in [0, 0.1) is 0 Å². The van der Waals surface area contributed by atoms with Gasteiger partial charge in [-0.2, -0.15) is 0 Å². The second-order valence-electron chi connectivity index (χ2n) is 3.62. The lowest BCUT2D eigenvalue weighted by atomic mass is 10.3. The molecule has 17 heavy (non-hydrogen) atoms. The number of aromatic nitrogens is 3. The minimum atomic E-state index is 0.0256. The number of carbonyl (C=O) groups is 1. The van der Waals surface area contributed by atoms with Gasteiger partial charge in [-0.15, -0.1) is 5.10 Å². The van der Waals surface area contributed by atoms with Crippen LogP contribution in [-0.2, 0) is 23.1 Å². The standard InChI is InChI=1S/C10H19N5O2/c1-15-9(8-13-14-15)7-11-4-3-10(16)12-5-6-17-2/h8,11H,3-7H2,1-2H3,(H,12,16). The molecule has 1 amide bonds. The predicted octanol–water partition coefficient (Wildman–Crippen LogP) is -0.943. The van der Waals surface area contributed by atoms with Gasteiger partial charge in [-0.05, 0) is 0 Å². The molecule has 0 saturated heterocycles. The molecular formula is C10H19N5O2. The van der Waals surface area contributed by atoms with Crippen LogP contribution in [0.15, 0.2) is 6.20 Å². The second-order valence-corrected chi connectivity index (χ2v) is 3.62. The summed E-state index contributed by atoms with van der Waals surface area (Å²) >= 11 is 0. The van der Waals surface area contributed by atoms with E-state index in [1.807, 2.05) is 7.05 Å². The number of aryl methyl sites for hydroxylation is 1. The van der Waals surface area contributed by atoms with E-state index in [9.17, 15) is 4.79 Å². The summed E-state index contributed by atoms with van der Waals surface area (Å²) in [4.78, 5) is 11.3. The first-order chi connectivity index (χ1) is 8.24. The summed E-state index contributed by atoms with van der Waals surface area (Å²) < 4.78 is 6.53. The zero-order valence-electron chi connectivity index (χ0n) is 10.3. The third-order valence-corrected chi connectivity index (χ3v) is 2.27.